The summed E-state index contributed by atoms with van der Waals surface area (Å²) >= 11 is 5.78. The maximum atomic E-state index is 5.81. The number of methoxy groups -OCH3 is 2. The molecule has 1 aromatic heterocycles. The molecule has 0 amide bonds. The number of hydrogen-bond acceptors (Lipinski definition) is 6. The van der Waals surface area contributed by atoms with Crippen molar-refractivity contribution in [3.63, 3.8) is 0 Å². The Morgan fingerprint density at radius 2 is 1.82 bits per heavy atom. The molecule has 1 atom stereocenters. The zero-order chi connectivity index (χ0) is 24.1. The molecule has 34 heavy (non-hydrogen) atoms. The van der Waals surface area contributed by atoms with E-state index in [-0.39, 0.29) is 6.04 Å². The molecule has 8 heteroatoms. The Hall–Kier alpha value is -3.39. The van der Waals surface area contributed by atoms with Gasteiger partial charge in [0.25, 0.3) is 5.89 Å². The van der Waals surface area contributed by atoms with Crippen LogP contribution in [0.3, 0.4) is 0 Å². The number of allylic oxidation sites excluding steroid dienone is 1. The molecule has 0 spiro atoms. The molecular formula is C26H30N4O3S. The molecule has 0 saturated carbocycles. The second-order valence-electron chi connectivity index (χ2n) is 8.14. The van der Waals surface area contributed by atoms with Crippen LogP contribution in [0.5, 0.6) is 11.5 Å². The van der Waals surface area contributed by atoms with Gasteiger partial charge in [0.15, 0.2) is 16.6 Å². The van der Waals surface area contributed by atoms with Crippen molar-refractivity contribution in [1.82, 2.24) is 20.4 Å². The summed E-state index contributed by atoms with van der Waals surface area (Å²) in [5.74, 6) is 2.32. The lowest BCUT2D eigenvalue weighted by molar-refractivity contribution is 0.354. The van der Waals surface area contributed by atoms with Crippen molar-refractivity contribution < 1.29 is 14.0 Å². The highest BCUT2D eigenvalue weighted by atomic mass is 32.1. The van der Waals surface area contributed by atoms with Crippen LogP contribution in [-0.2, 0) is 0 Å². The van der Waals surface area contributed by atoms with Gasteiger partial charge >= 0.3 is 0 Å². The molecular weight excluding hydrogens is 448 g/mol. The van der Waals surface area contributed by atoms with Gasteiger partial charge in [0.05, 0.1) is 25.8 Å². The van der Waals surface area contributed by atoms with E-state index < -0.39 is 0 Å². The van der Waals surface area contributed by atoms with E-state index >= 15 is 0 Å². The SMILES string of the molecule is CCCCCN1C(=S)NC(c2ccc(OC)c(OC)c2)C(c2nc(-c3ccccc3)no2)=C1C. The molecule has 0 saturated heterocycles. The predicted octanol–water partition coefficient (Wildman–Crippen LogP) is 5.61. The van der Waals surface area contributed by atoms with E-state index in [9.17, 15) is 0 Å². The molecule has 3 aromatic rings. The van der Waals surface area contributed by atoms with E-state index in [2.05, 4.69) is 29.2 Å². The van der Waals surface area contributed by atoms with Gasteiger partial charge in [-0.05, 0) is 43.3 Å². The van der Waals surface area contributed by atoms with Gasteiger partial charge in [0, 0.05) is 17.8 Å². The number of unbranched alkanes of at least 4 members (excludes halogenated alkanes) is 2. The van der Waals surface area contributed by atoms with Crippen molar-refractivity contribution in [3.05, 3.63) is 65.7 Å². The van der Waals surface area contributed by atoms with E-state index in [1.165, 1.54) is 0 Å². The lowest BCUT2D eigenvalue weighted by atomic mass is 9.94. The van der Waals surface area contributed by atoms with Crippen molar-refractivity contribution in [2.24, 2.45) is 0 Å². The Morgan fingerprint density at radius 1 is 1.06 bits per heavy atom. The minimum atomic E-state index is -0.279. The Kier molecular flexibility index (Phi) is 7.47. The number of benzene rings is 2. The van der Waals surface area contributed by atoms with Gasteiger partial charge in [-0.25, -0.2) is 0 Å². The summed E-state index contributed by atoms with van der Waals surface area (Å²) in [7, 11) is 3.25. The molecule has 2 aromatic carbocycles. The van der Waals surface area contributed by atoms with E-state index in [0.717, 1.165) is 48.2 Å². The van der Waals surface area contributed by atoms with E-state index in [4.69, 9.17) is 31.2 Å². The molecule has 0 aliphatic carbocycles. The van der Waals surface area contributed by atoms with Gasteiger partial charge in [0.1, 0.15) is 0 Å². The van der Waals surface area contributed by atoms with Gasteiger partial charge in [0.2, 0.25) is 5.82 Å². The average molecular weight is 479 g/mol. The number of thiocarbonyl (C=S) groups is 1. The lowest BCUT2D eigenvalue weighted by Gasteiger charge is -2.37. The highest BCUT2D eigenvalue weighted by Crippen LogP contribution is 2.40. The monoisotopic (exact) mass is 478 g/mol. The van der Waals surface area contributed by atoms with E-state index in [1.54, 1.807) is 14.2 Å². The molecule has 1 aliphatic heterocycles. The number of rotatable bonds is 9. The first kappa shape index (κ1) is 23.8. The van der Waals surface area contributed by atoms with Crippen molar-refractivity contribution in [3.8, 4) is 22.9 Å². The van der Waals surface area contributed by atoms with Crippen molar-refractivity contribution in [2.45, 2.75) is 39.2 Å². The van der Waals surface area contributed by atoms with Gasteiger partial charge in [-0.1, -0.05) is 61.3 Å². The van der Waals surface area contributed by atoms with Crippen LogP contribution in [0.15, 0.2) is 58.8 Å². The molecule has 2 heterocycles. The zero-order valence-corrected chi connectivity index (χ0v) is 20.8. The quantitative estimate of drug-likeness (QED) is 0.314. The predicted molar refractivity (Wildman–Crippen MR) is 137 cm³/mol. The Morgan fingerprint density at radius 3 is 2.53 bits per heavy atom. The van der Waals surface area contributed by atoms with Crippen LogP contribution >= 0.6 is 12.2 Å². The van der Waals surface area contributed by atoms with Crippen molar-refractivity contribution >= 4 is 22.9 Å². The second-order valence-corrected chi connectivity index (χ2v) is 8.53. The summed E-state index contributed by atoms with van der Waals surface area (Å²) in [6.07, 6.45) is 3.32. The maximum absolute atomic E-state index is 5.81. The topological polar surface area (TPSA) is 72.7 Å². The molecule has 0 bridgehead atoms. The van der Waals surface area contributed by atoms with Gasteiger partial charge in [-0.3, -0.25) is 0 Å². The van der Waals surface area contributed by atoms with Gasteiger partial charge < -0.3 is 24.2 Å². The molecule has 1 aliphatic rings. The summed E-state index contributed by atoms with van der Waals surface area (Å²) < 4.78 is 16.8. The smallest absolute Gasteiger partial charge is 0.258 e. The minimum absolute atomic E-state index is 0.279. The number of aromatic nitrogens is 2. The summed E-state index contributed by atoms with van der Waals surface area (Å²) in [6.45, 7) is 5.08. The number of hydrogen-bond donors (Lipinski definition) is 1. The summed E-state index contributed by atoms with van der Waals surface area (Å²) in [5, 5.41) is 8.44. The number of ether oxygens (including phenoxy) is 2. The van der Waals surface area contributed by atoms with Crippen LogP contribution in [0.4, 0.5) is 0 Å². The van der Waals surface area contributed by atoms with Crippen LogP contribution in [-0.4, -0.2) is 40.9 Å². The van der Waals surface area contributed by atoms with Crippen LogP contribution < -0.4 is 14.8 Å². The number of nitrogens with zero attached hydrogens (tertiary/aromatic N) is 3. The average Bonchev–Trinajstić information content (AvgIpc) is 3.35. The molecule has 178 valence electrons. The molecule has 4 rings (SSSR count). The van der Waals surface area contributed by atoms with Gasteiger partial charge in [-0.2, -0.15) is 4.98 Å². The highest BCUT2D eigenvalue weighted by molar-refractivity contribution is 7.80. The van der Waals surface area contributed by atoms with E-state index in [1.807, 2.05) is 48.5 Å². The number of nitrogens with one attached hydrogen (secondary N) is 1. The third-order valence-corrected chi connectivity index (χ3v) is 6.35. The summed E-state index contributed by atoms with van der Waals surface area (Å²) in [6, 6.07) is 15.4. The molecule has 1 N–H and O–H groups in total. The minimum Gasteiger partial charge on any atom is -0.493 e. The largest absolute Gasteiger partial charge is 0.493 e. The lowest BCUT2D eigenvalue weighted by Crippen LogP contribution is -2.46. The molecule has 7 nitrogen and oxygen atoms in total. The fourth-order valence-electron chi connectivity index (χ4n) is 4.17. The van der Waals surface area contributed by atoms with Gasteiger partial charge in [-0.15, -0.1) is 0 Å². The second kappa shape index (κ2) is 10.7. The van der Waals surface area contributed by atoms with Crippen LogP contribution in [0.1, 0.15) is 50.6 Å². The fourth-order valence-corrected chi connectivity index (χ4v) is 4.51. The van der Waals surface area contributed by atoms with Crippen LogP contribution in [0, 0.1) is 0 Å². The molecule has 0 fully saturated rings. The Balaban J connectivity index is 1.79. The standard InChI is InChI=1S/C26H30N4O3S/c1-5-6-10-15-30-17(2)22(25-28-24(29-33-25)18-11-8-7-9-12-18)23(27-26(30)34)19-13-14-20(31-3)21(16-19)32-4/h7-9,11-14,16,23H,5-6,10,15H2,1-4H3,(H,27,34). The zero-order valence-electron chi connectivity index (χ0n) is 20.0. The first-order valence-corrected chi connectivity index (χ1v) is 11.9. The van der Waals surface area contributed by atoms with Crippen LogP contribution in [0.25, 0.3) is 17.0 Å². The maximum Gasteiger partial charge on any atom is 0.258 e. The van der Waals surface area contributed by atoms with Crippen molar-refractivity contribution in [2.75, 3.05) is 20.8 Å². The molecule has 1 unspecified atom stereocenters. The first-order chi connectivity index (χ1) is 16.6. The summed E-state index contributed by atoms with van der Waals surface area (Å²) in [4.78, 5) is 6.89. The van der Waals surface area contributed by atoms with E-state index in [0.29, 0.717) is 28.3 Å². The van der Waals surface area contributed by atoms with Crippen LogP contribution in [0.2, 0.25) is 0 Å². The third-order valence-electron chi connectivity index (χ3n) is 6.01. The first-order valence-electron chi connectivity index (χ1n) is 11.5. The highest BCUT2D eigenvalue weighted by Gasteiger charge is 2.34. The Bertz CT molecular complexity index is 1180. The normalized spacial score (nSPS) is 15.9. The molecule has 0 radical (unpaired) electrons. The summed E-state index contributed by atoms with van der Waals surface area (Å²) in [5.41, 5.74) is 3.76. The Labute approximate surface area is 205 Å². The third kappa shape index (κ3) is 4.77. The fraction of sp³-hybridized carbons (Fsp3) is 0.346. The van der Waals surface area contributed by atoms with Crippen molar-refractivity contribution in [1.29, 1.82) is 0 Å².